The van der Waals surface area contributed by atoms with Gasteiger partial charge in [-0.3, -0.25) is 14.6 Å². The Hall–Kier alpha value is -2.89. The van der Waals surface area contributed by atoms with Crippen LogP contribution in [0.2, 0.25) is 0 Å². The zero-order valence-electron chi connectivity index (χ0n) is 16.0. The van der Waals surface area contributed by atoms with E-state index < -0.39 is 0 Å². The fourth-order valence-corrected chi connectivity index (χ4v) is 3.47. The minimum absolute atomic E-state index is 0.0188. The van der Waals surface area contributed by atoms with Crippen LogP contribution in [0.4, 0.5) is 0 Å². The summed E-state index contributed by atoms with van der Waals surface area (Å²) in [6, 6.07) is 9.82. The van der Waals surface area contributed by atoms with Crippen molar-refractivity contribution >= 4 is 11.8 Å². The van der Waals surface area contributed by atoms with Gasteiger partial charge in [0.2, 0.25) is 11.8 Å². The number of pyridine rings is 1. The SMILES string of the molecule is COc1c(C)cnc(CNC(=O)C2CC(=O)N(Cc3ccccc3)C2)c1C. The van der Waals surface area contributed by atoms with Gasteiger partial charge in [-0.25, -0.2) is 0 Å². The first kappa shape index (κ1) is 18.9. The number of ether oxygens (including phenoxy) is 1. The molecular weight excluding hydrogens is 342 g/mol. The Morgan fingerprint density at radius 2 is 2.04 bits per heavy atom. The van der Waals surface area contributed by atoms with Crippen molar-refractivity contribution in [3.8, 4) is 5.75 Å². The maximum Gasteiger partial charge on any atom is 0.225 e. The van der Waals surface area contributed by atoms with Gasteiger partial charge in [0.05, 0.1) is 25.3 Å². The van der Waals surface area contributed by atoms with Crippen LogP contribution in [-0.4, -0.2) is 35.4 Å². The molecule has 0 spiro atoms. The van der Waals surface area contributed by atoms with Crippen molar-refractivity contribution in [2.45, 2.75) is 33.4 Å². The van der Waals surface area contributed by atoms with Gasteiger partial charge in [0, 0.05) is 36.8 Å². The minimum atomic E-state index is -0.325. The molecule has 2 amide bonds. The summed E-state index contributed by atoms with van der Waals surface area (Å²) >= 11 is 0. The van der Waals surface area contributed by atoms with Crippen molar-refractivity contribution in [2.24, 2.45) is 5.92 Å². The van der Waals surface area contributed by atoms with Crippen LogP contribution in [0, 0.1) is 19.8 Å². The Morgan fingerprint density at radius 1 is 1.30 bits per heavy atom. The van der Waals surface area contributed by atoms with Crippen molar-refractivity contribution in [1.29, 1.82) is 0 Å². The highest BCUT2D eigenvalue weighted by Gasteiger charge is 2.34. The van der Waals surface area contributed by atoms with Crippen LogP contribution in [0.3, 0.4) is 0 Å². The van der Waals surface area contributed by atoms with E-state index in [1.165, 1.54) is 0 Å². The Balaban J connectivity index is 1.58. The Labute approximate surface area is 159 Å². The van der Waals surface area contributed by atoms with Crippen molar-refractivity contribution in [3.63, 3.8) is 0 Å². The van der Waals surface area contributed by atoms with Gasteiger partial charge < -0.3 is 15.0 Å². The largest absolute Gasteiger partial charge is 0.496 e. The number of likely N-dealkylation sites (tertiary alicyclic amines) is 1. The molecule has 2 aromatic rings. The number of rotatable bonds is 6. The van der Waals surface area contributed by atoms with E-state index >= 15 is 0 Å². The molecule has 1 unspecified atom stereocenters. The lowest BCUT2D eigenvalue weighted by Gasteiger charge is -2.17. The summed E-state index contributed by atoms with van der Waals surface area (Å²) in [5.41, 5.74) is 3.73. The van der Waals surface area contributed by atoms with Crippen LogP contribution < -0.4 is 10.1 Å². The molecule has 1 atom stereocenters. The van der Waals surface area contributed by atoms with Crippen molar-refractivity contribution in [2.75, 3.05) is 13.7 Å². The minimum Gasteiger partial charge on any atom is -0.496 e. The van der Waals surface area contributed by atoms with Gasteiger partial charge in [-0.2, -0.15) is 0 Å². The average Bonchev–Trinajstić information content (AvgIpc) is 3.03. The zero-order valence-corrected chi connectivity index (χ0v) is 16.0. The number of aryl methyl sites for hydroxylation is 1. The number of hydrogen-bond acceptors (Lipinski definition) is 4. The smallest absolute Gasteiger partial charge is 0.225 e. The molecule has 142 valence electrons. The Bertz CT molecular complexity index is 836. The third-order valence-electron chi connectivity index (χ3n) is 4.98. The molecule has 6 heteroatoms. The van der Waals surface area contributed by atoms with Crippen LogP contribution in [0.1, 0.15) is 28.8 Å². The molecule has 1 aliphatic heterocycles. The number of benzene rings is 1. The quantitative estimate of drug-likeness (QED) is 0.851. The highest BCUT2D eigenvalue weighted by atomic mass is 16.5. The van der Waals surface area contributed by atoms with Gasteiger partial charge >= 0.3 is 0 Å². The number of hydrogen-bond donors (Lipinski definition) is 1. The monoisotopic (exact) mass is 367 g/mol. The van der Waals surface area contributed by atoms with Gasteiger partial charge in [0.25, 0.3) is 0 Å². The van der Waals surface area contributed by atoms with Crippen LogP contribution >= 0.6 is 0 Å². The van der Waals surface area contributed by atoms with Crippen molar-refractivity contribution in [3.05, 3.63) is 58.9 Å². The molecule has 1 fully saturated rings. The van der Waals surface area contributed by atoms with E-state index in [0.717, 1.165) is 28.1 Å². The van der Waals surface area contributed by atoms with Crippen molar-refractivity contribution < 1.29 is 14.3 Å². The number of carbonyl (C=O) groups is 2. The van der Waals surface area contributed by atoms with E-state index in [4.69, 9.17) is 4.74 Å². The predicted molar refractivity (Wildman–Crippen MR) is 102 cm³/mol. The fourth-order valence-electron chi connectivity index (χ4n) is 3.47. The Kier molecular flexibility index (Phi) is 5.74. The first-order valence-electron chi connectivity index (χ1n) is 9.08. The molecule has 1 aromatic carbocycles. The van der Waals surface area contributed by atoms with Crippen LogP contribution in [0.5, 0.6) is 5.75 Å². The summed E-state index contributed by atoms with van der Waals surface area (Å²) in [5.74, 6) is 0.373. The number of nitrogens with one attached hydrogen (secondary N) is 1. The number of amides is 2. The predicted octanol–water partition coefficient (Wildman–Crippen LogP) is 2.37. The lowest BCUT2D eigenvalue weighted by molar-refractivity contribution is -0.129. The summed E-state index contributed by atoms with van der Waals surface area (Å²) in [7, 11) is 1.63. The molecule has 0 radical (unpaired) electrons. The molecule has 1 aromatic heterocycles. The summed E-state index contributed by atoms with van der Waals surface area (Å²) < 4.78 is 5.40. The zero-order chi connectivity index (χ0) is 19.4. The van der Waals surface area contributed by atoms with E-state index in [9.17, 15) is 9.59 Å². The van der Waals surface area contributed by atoms with E-state index in [0.29, 0.717) is 19.6 Å². The number of aromatic nitrogens is 1. The molecule has 0 saturated carbocycles. The summed E-state index contributed by atoms with van der Waals surface area (Å²) in [5, 5.41) is 2.92. The van der Waals surface area contributed by atoms with E-state index in [1.807, 2.05) is 44.2 Å². The molecule has 0 aliphatic carbocycles. The topological polar surface area (TPSA) is 71.5 Å². The third-order valence-corrected chi connectivity index (χ3v) is 4.98. The normalized spacial score (nSPS) is 16.5. The molecule has 1 aliphatic rings. The third kappa shape index (κ3) is 4.27. The molecule has 3 rings (SSSR count). The number of nitrogens with zero attached hydrogens (tertiary/aromatic N) is 2. The first-order valence-corrected chi connectivity index (χ1v) is 9.08. The maximum absolute atomic E-state index is 12.5. The maximum atomic E-state index is 12.5. The van der Waals surface area contributed by atoms with Crippen molar-refractivity contribution in [1.82, 2.24) is 15.2 Å². The summed E-state index contributed by atoms with van der Waals surface area (Å²) in [4.78, 5) is 31.0. The van der Waals surface area contributed by atoms with E-state index in [1.54, 1.807) is 18.2 Å². The molecule has 1 N–H and O–H groups in total. The molecule has 6 nitrogen and oxygen atoms in total. The second-order valence-electron chi connectivity index (χ2n) is 6.92. The lowest BCUT2D eigenvalue weighted by atomic mass is 10.1. The lowest BCUT2D eigenvalue weighted by Crippen LogP contribution is -2.33. The Morgan fingerprint density at radius 3 is 2.74 bits per heavy atom. The molecule has 1 saturated heterocycles. The summed E-state index contributed by atoms with van der Waals surface area (Å²) in [6.07, 6.45) is 2.00. The number of methoxy groups -OCH3 is 1. The summed E-state index contributed by atoms with van der Waals surface area (Å²) in [6.45, 7) is 5.18. The molecule has 2 heterocycles. The standard InChI is InChI=1S/C21H25N3O3/c1-14-10-22-18(15(2)20(14)27-3)11-23-21(26)17-9-19(25)24(13-17)12-16-7-5-4-6-8-16/h4-8,10,17H,9,11-13H2,1-3H3,(H,23,26). The first-order chi connectivity index (χ1) is 13.0. The second kappa shape index (κ2) is 8.20. The number of carbonyl (C=O) groups excluding carboxylic acids is 2. The van der Waals surface area contributed by atoms with Crippen LogP contribution in [0.25, 0.3) is 0 Å². The highest BCUT2D eigenvalue weighted by molar-refractivity contribution is 5.89. The van der Waals surface area contributed by atoms with Gasteiger partial charge in [0.15, 0.2) is 0 Å². The van der Waals surface area contributed by atoms with Gasteiger partial charge in [-0.1, -0.05) is 30.3 Å². The molecule has 27 heavy (non-hydrogen) atoms. The molecule has 0 bridgehead atoms. The van der Waals surface area contributed by atoms with E-state index in [-0.39, 0.29) is 24.2 Å². The molecular formula is C21H25N3O3. The van der Waals surface area contributed by atoms with E-state index in [2.05, 4.69) is 10.3 Å². The second-order valence-corrected chi connectivity index (χ2v) is 6.92. The highest BCUT2D eigenvalue weighted by Crippen LogP contribution is 2.24. The van der Waals surface area contributed by atoms with Gasteiger partial charge in [-0.15, -0.1) is 0 Å². The average molecular weight is 367 g/mol. The van der Waals surface area contributed by atoms with Gasteiger partial charge in [0.1, 0.15) is 5.75 Å². The fraction of sp³-hybridized carbons (Fsp3) is 0.381. The van der Waals surface area contributed by atoms with Gasteiger partial charge in [-0.05, 0) is 19.4 Å². The van der Waals surface area contributed by atoms with Crippen LogP contribution in [-0.2, 0) is 22.7 Å². The van der Waals surface area contributed by atoms with Crippen LogP contribution in [0.15, 0.2) is 36.5 Å².